The minimum Gasteiger partial charge on any atom is -0.477 e. The van der Waals surface area contributed by atoms with Crippen LogP contribution in [-0.2, 0) is 12.7 Å². The number of aryl methyl sites for hydroxylation is 1. The Labute approximate surface area is 181 Å². The molecule has 0 aliphatic rings. The summed E-state index contributed by atoms with van der Waals surface area (Å²) in [5, 5.41) is 11.0. The zero-order valence-electron chi connectivity index (χ0n) is 15.7. The largest absolute Gasteiger partial charge is 0.477 e. The third-order valence-electron chi connectivity index (χ3n) is 4.68. The highest BCUT2D eigenvalue weighted by atomic mass is 35.5. The standard InChI is InChI=1S/C20H12ClF4N3O2S/c1-10-3-2-4-27-16(10)28(9-14-8-26-19(21)31-14)18(30)15(17(27)29)11-5-12(20(23,24)25)7-13(22)6-11/h2-8H,9H2,1H3/p+1. The number of pyridine rings is 1. The summed E-state index contributed by atoms with van der Waals surface area (Å²) < 4.78 is 56.5. The molecule has 4 aromatic rings. The van der Waals surface area contributed by atoms with Crippen LogP contribution in [0.2, 0.25) is 4.47 Å². The van der Waals surface area contributed by atoms with Crippen LogP contribution in [0.3, 0.4) is 0 Å². The third-order valence-corrected chi connectivity index (χ3v) is 5.78. The van der Waals surface area contributed by atoms with Crippen molar-refractivity contribution < 1.29 is 27.2 Å². The summed E-state index contributed by atoms with van der Waals surface area (Å²) >= 11 is 7.02. The molecule has 0 radical (unpaired) electrons. The normalized spacial score (nSPS) is 11.9. The van der Waals surface area contributed by atoms with Crippen LogP contribution in [-0.4, -0.2) is 14.5 Å². The van der Waals surface area contributed by atoms with Gasteiger partial charge in [-0.1, -0.05) is 11.6 Å². The molecule has 0 amide bonds. The number of aromatic hydroxyl groups is 1. The van der Waals surface area contributed by atoms with E-state index in [1.807, 2.05) is 0 Å². The van der Waals surface area contributed by atoms with Crippen LogP contribution in [0.5, 0.6) is 5.88 Å². The number of alkyl halides is 3. The highest BCUT2D eigenvalue weighted by Crippen LogP contribution is 2.34. The molecule has 0 unspecified atom stereocenters. The molecule has 5 nitrogen and oxygen atoms in total. The summed E-state index contributed by atoms with van der Waals surface area (Å²) in [6.45, 7) is 1.76. The van der Waals surface area contributed by atoms with Crippen molar-refractivity contribution in [1.82, 2.24) is 9.38 Å². The number of hydrogen-bond acceptors (Lipinski definition) is 4. The van der Waals surface area contributed by atoms with Gasteiger partial charge in [0.25, 0.3) is 11.5 Å². The van der Waals surface area contributed by atoms with Crippen LogP contribution in [0.15, 0.2) is 47.5 Å². The zero-order chi connectivity index (χ0) is 22.5. The molecule has 0 spiro atoms. The van der Waals surface area contributed by atoms with E-state index in [2.05, 4.69) is 4.98 Å². The summed E-state index contributed by atoms with van der Waals surface area (Å²) in [6.07, 6.45) is -1.91. The molecule has 1 aromatic carbocycles. The minimum absolute atomic E-state index is 0.0410. The predicted molar refractivity (Wildman–Crippen MR) is 107 cm³/mol. The van der Waals surface area contributed by atoms with Crippen LogP contribution in [0, 0.1) is 12.7 Å². The highest BCUT2D eigenvalue weighted by Gasteiger charge is 2.33. The molecule has 0 fully saturated rings. The molecule has 3 heterocycles. The average Bonchev–Trinajstić information content (AvgIpc) is 3.09. The van der Waals surface area contributed by atoms with Gasteiger partial charge in [-0.15, -0.1) is 11.3 Å². The van der Waals surface area contributed by atoms with Crippen molar-refractivity contribution >= 4 is 28.6 Å². The summed E-state index contributed by atoms with van der Waals surface area (Å²) in [6, 6.07) is 5.05. The molecule has 31 heavy (non-hydrogen) atoms. The first-order valence-electron chi connectivity index (χ1n) is 8.81. The number of nitrogens with zero attached hydrogens (tertiary/aromatic N) is 3. The fourth-order valence-corrected chi connectivity index (χ4v) is 4.35. The summed E-state index contributed by atoms with van der Waals surface area (Å²) in [5.41, 5.74) is -1.94. The molecule has 160 valence electrons. The second-order valence-corrected chi connectivity index (χ2v) is 8.48. The van der Waals surface area contributed by atoms with E-state index in [9.17, 15) is 27.5 Å². The number of rotatable bonds is 3. The molecular weight excluding hydrogens is 458 g/mol. The van der Waals surface area contributed by atoms with Crippen LogP contribution < -0.4 is 10.1 Å². The molecule has 0 aliphatic carbocycles. The average molecular weight is 471 g/mol. The molecular formula is C20H13ClF4N3O2S+. The van der Waals surface area contributed by atoms with E-state index < -0.39 is 34.6 Å². The van der Waals surface area contributed by atoms with Crippen molar-refractivity contribution in [1.29, 1.82) is 0 Å². The van der Waals surface area contributed by atoms with Crippen molar-refractivity contribution in [3.63, 3.8) is 0 Å². The van der Waals surface area contributed by atoms with Gasteiger partial charge < -0.3 is 5.11 Å². The minimum atomic E-state index is -4.83. The van der Waals surface area contributed by atoms with Crippen molar-refractivity contribution in [3.05, 3.63) is 79.4 Å². The molecule has 0 atom stereocenters. The Bertz CT molecular complexity index is 1380. The Morgan fingerprint density at radius 3 is 2.68 bits per heavy atom. The Hall–Kier alpha value is -2.98. The van der Waals surface area contributed by atoms with E-state index >= 15 is 0 Å². The molecule has 0 saturated heterocycles. The maximum Gasteiger partial charge on any atom is 0.416 e. The SMILES string of the molecule is Cc1cccn2c(=O)c(-c3cc(F)cc(C(F)(F)F)c3)c(O)[n+](Cc3cnc(Cl)s3)c12. The van der Waals surface area contributed by atoms with Crippen molar-refractivity contribution in [3.8, 4) is 17.0 Å². The first-order chi connectivity index (χ1) is 14.6. The predicted octanol–water partition coefficient (Wildman–Crippen LogP) is 4.58. The van der Waals surface area contributed by atoms with Gasteiger partial charge in [-0.3, -0.25) is 0 Å². The van der Waals surface area contributed by atoms with Crippen LogP contribution >= 0.6 is 22.9 Å². The van der Waals surface area contributed by atoms with Gasteiger partial charge in [0.2, 0.25) is 0 Å². The van der Waals surface area contributed by atoms with Crippen molar-refractivity contribution in [2.45, 2.75) is 19.6 Å². The number of halogens is 5. The molecule has 4 rings (SSSR count). The van der Waals surface area contributed by atoms with E-state index in [0.717, 1.165) is 17.4 Å². The van der Waals surface area contributed by atoms with Gasteiger partial charge in [-0.25, -0.2) is 14.2 Å². The molecule has 0 bridgehead atoms. The van der Waals surface area contributed by atoms with E-state index in [0.29, 0.717) is 28.2 Å². The first-order valence-corrected chi connectivity index (χ1v) is 10.0. The van der Waals surface area contributed by atoms with Gasteiger partial charge in [0, 0.05) is 17.3 Å². The second-order valence-electron chi connectivity index (χ2n) is 6.78. The van der Waals surface area contributed by atoms with Gasteiger partial charge in [0.1, 0.15) is 12.4 Å². The Balaban J connectivity index is 2.06. The Morgan fingerprint density at radius 2 is 2.03 bits per heavy atom. The van der Waals surface area contributed by atoms with E-state index in [1.165, 1.54) is 21.4 Å². The number of aromatic nitrogens is 3. The van der Waals surface area contributed by atoms with Crippen molar-refractivity contribution in [2.24, 2.45) is 0 Å². The van der Waals surface area contributed by atoms with Crippen LogP contribution in [0.25, 0.3) is 16.8 Å². The molecule has 0 aliphatic heterocycles. The lowest BCUT2D eigenvalue weighted by Crippen LogP contribution is -2.41. The highest BCUT2D eigenvalue weighted by molar-refractivity contribution is 7.15. The fraction of sp³-hybridized carbons (Fsp3) is 0.150. The lowest BCUT2D eigenvalue weighted by Gasteiger charge is -2.12. The third kappa shape index (κ3) is 3.88. The number of benzene rings is 1. The number of thiazole rings is 1. The monoisotopic (exact) mass is 470 g/mol. The fourth-order valence-electron chi connectivity index (χ4n) is 3.38. The van der Waals surface area contributed by atoms with E-state index in [-0.39, 0.29) is 16.6 Å². The number of fused-ring (bicyclic) bond motifs is 1. The van der Waals surface area contributed by atoms with Gasteiger partial charge in [-0.05, 0) is 37.3 Å². The summed E-state index contributed by atoms with van der Waals surface area (Å²) in [7, 11) is 0. The molecule has 0 saturated carbocycles. The van der Waals surface area contributed by atoms with Gasteiger partial charge in [0.15, 0.2) is 10.0 Å². The van der Waals surface area contributed by atoms with Gasteiger partial charge >= 0.3 is 11.7 Å². The lowest BCUT2D eigenvalue weighted by atomic mass is 10.0. The van der Waals surface area contributed by atoms with E-state index in [4.69, 9.17) is 11.6 Å². The first kappa shape index (κ1) is 21.3. The Kier molecular flexibility index (Phi) is 5.22. The summed E-state index contributed by atoms with van der Waals surface area (Å²) in [4.78, 5) is 17.7. The molecule has 11 heteroatoms. The molecule has 1 N–H and O–H groups in total. The second kappa shape index (κ2) is 7.61. The Morgan fingerprint density at radius 1 is 1.29 bits per heavy atom. The quantitative estimate of drug-likeness (QED) is 0.352. The maximum atomic E-state index is 14.0. The summed E-state index contributed by atoms with van der Waals surface area (Å²) in [5.74, 6) is -1.78. The molecule has 3 aromatic heterocycles. The maximum absolute atomic E-state index is 14.0. The van der Waals surface area contributed by atoms with Crippen LogP contribution in [0.1, 0.15) is 16.0 Å². The lowest BCUT2D eigenvalue weighted by molar-refractivity contribution is -0.671. The smallest absolute Gasteiger partial charge is 0.416 e. The van der Waals surface area contributed by atoms with Crippen molar-refractivity contribution in [2.75, 3.05) is 0 Å². The van der Waals surface area contributed by atoms with Gasteiger partial charge in [0.05, 0.1) is 16.6 Å². The van der Waals surface area contributed by atoms with Crippen LogP contribution in [0.4, 0.5) is 17.6 Å². The van der Waals surface area contributed by atoms with E-state index in [1.54, 1.807) is 19.1 Å². The number of hydrogen-bond donors (Lipinski definition) is 1. The topological polar surface area (TPSA) is 58.5 Å². The zero-order valence-corrected chi connectivity index (χ0v) is 17.3. The van der Waals surface area contributed by atoms with Gasteiger partial charge in [-0.2, -0.15) is 22.1 Å².